The maximum absolute atomic E-state index is 12.6. The Morgan fingerprint density at radius 2 is 1.75 bits per heavy atom. The summed E-state index contributed by atoms with van der Waals surface area (Å²) in [7, 11) is -2.21. The standard InChI is InChI=1S/C22H25N3O6S/c1-30-22(27)19-7-2-18(3-8-19)16-23-24-21(26)11-6-17-4-9-20(10-5-17)32(28,29)25-12-14-31-15-13-25/h2-5,7-10,16H,6,11-15H2,1H3,(H,24,26)/b23-16+. The number of rotatable bonds is 8. The van der Waals surface area contributed by atoms with Gasteiger partial charge in [-0.3, -0.25) is 4.79 Å². The van der Waals surface area contributed by atoms with E-state index in [2.05, 4.69) is 15.3 Å². The molecule has 170 valence electrons. The molecule has 1 aliphatic rings. The van der Waals surface area contributed by atoms with Gasteiger partial charge in [0, 0.05) is 19.5 Å². The van der Waals surface area contributed by atoms with E-state index in [1.54, 1.807) is 48.5 Å². The summed E-state index contributed by atoms with van der Waals surface area (Å²) < 4.78 is 36.5. The smallest absolute Gasteiger partial charge is 0.337 e. The van der Waals surface area contributed by atoms with Gasteiger partial charge in [0.1, 0.15) is 0 Å². The van der Waals surface area contributed by atoms with Gasteiger partial charge in [-0.15, -0.1) is 0 Å². The highest BCUT2D eigenvalue weighted by Crippen LogP contribution is 2.18. The number of benzene rings is 2. The molecule has 0 bridgehead atoms. The molecule has 1 amide bonds. The number of sulfonamides is 1. The van der Waals surface area contributed by atoms with Gasteiger partial charge in [-0.2, -0.15) is 9.41 Å². The first-order valence-electron chi connectivity index (χ1n) is 10.1. The van der Waals surface area contributed by atoms with Crippen molar-refractivity contribution >= 4 is 28.1 Å². The average molecular weight is 460 g/mol. The number of esters is 1. The Labute approximate surface area is 187 Å². The molecule has 1 heterocycles. The van der Waals surface area contributed by atoms with Crippen LogP contribution in [0.15, 0.2) is 58.5 Å². The zero-order chi connectivity index (χ0) is 23.0. The zero-order valence-electron chi connectivity index (χ0n) is 17.7. The summed E-state index contributed by atoms with van der Waals surface area (Å²) in [4.78, 5) is 23.7. The first kappa shape index (κ1) is 23.6. The van der Waals surface area contributed by atoms with E-state index in [9.17, 15) is 18.0 Å². The van der Waals surface area contributed by atoms with E-state index < -0.39 is 16.0 Å². The number of hydrazone groups is 1. The average Bonchev–Trinajstić information content (AvgIpc) is 2.83. The Morgan fingerprint density at radius 3 is 2.38 bits per heavy atom. The summed E-state index contributed by atoms with van der Waals surface area (Å²) in [6.07, 6.45) is 2.13. The third kappa shape index (κ3) is 6.22. The van der Waals surface area contributed by atoms with Gasteiger partial charge in [0.15, 0.2) is 0 Å². The first-order valence-corrected chi connectivity index (χ1v) is 11.5. The van der Waals surface area contributed by atoms with Crippen molar-refractivity contribution in [3.05, 3.63) is 65.2 Å². The van der Waals surface area contributed by atoms with Crippen LogP contribution in [0.2, 0.25) is 0 Å². The number of methoxy groups -OCH3 is 1. The summed E-state index contributed by atoms with van der Waals surface area (Å²) in [6.45, 7) is 1.49. The lowest BCUT2D eigenvalue weighted by Crippen LogP contribution is -2.40. The van der Waals surface area contributed by atoms with E-state index >= 15 is 0 Å². The van der Waals surface area contributed by atoms with E-state index in [-0.39, 0.29) is 17.2 Å². The highest BCUT2D eigenvalue weighted by atomic mass is 32.2. The second-order valence-corrected chi connectivity index (χ2v) is 9.01. The van der Waals surface area contributed by atoms with E-state index in [1.165, 1.54) is 17.6 Å². The SMILES string of the molecule is COC(=O)c1ccc(/C=N/NC(=O)CCc2ccc(S(=O)(=O)N3CCOCC3)cc2)cc1. The number of carbonyl (C=O) groups excluding carboxylic acids is 2. The van der Waals surface area contributed by atoms with Gasteiger partial charge >= 0.3 is 5.97 Å². The van der Waals surface area contributed by atoms with Crippen molar-refractivity contribution in [3.8, 4) is 0 Å². The summed E-state index contributed by atoms with van der Waals surface area (Å²) in [6, 6.07) is 13.2. The number of aryl methyl sites for hydroxylation is 1. The molecule has 0 aliphatic carbocycles. The molecule has 1 fully saturated rings. The lowest BCUT2D eigenvalue weighted by atomic mass is 10.1. The molecule has 1 aliphatic heterocycles. The molecule has 0 atom stereocenters. The third-order valence-corrected chi connectivity index (χ3v) is 6.82. The van der Waals surface area contributed by atoms with Gasteiger partial charge in [0.05, 0.1) is 37.0 Å². The number of hydrogen-bond donors (Lipinski definition) is 1. The van der Waals surface area contributed by atoms with Gasteiger partial charge in [-0.1, -0.05) is 24.3 Å². The maximum atomic E-state index is 12.6. The number of ether oxygens (including phenoxy) is 2. The van der Waals surface area contributed by atoms with Gasteiger partial charge in [-0.25, -0.2) is 18.6 Å². The Bertz CT molecular complexity index is 1060. The zero-order valence-corrected chi connectivity index (χ0v) is 18.5. The van der Waals surface area contributed by atoms with Crippen molar-refractivity contribution in [2.24, 2.45) is 5.10 Å². The van der Waals surface area contributed by atoms with Crippen LogP contribution in [-0.2, 0) is 30.7 Å². The van der Waals surface area contributed by atoms with Crippen molar-refractivity contribution in [1.82, 2.24) is 9.73 Å². The number of morpholine rings is 1. The van der Waals surface area contributed by atoms with E-state index in [1.807, 2.05) is 0 Å². The Morgan fingerprint density at radius 1 is 1.09 bits per heavy atom. The van der Waals surface area contributed by atoms with Crippen LogP contribution >= 0.6 is 0 Å². The van der Waals surface area contributed by atoms with Crippen LogP contribution in [0.4, 0.5) is 0 Å². The normalized spacial score (nSPS) is 14.9. The molecule has 3 rings (SSSR count). The van der Waals surface area contributed by atoms with Crippen molar-refractivity contribution in [3.63, 3.8) is 0 Å². The molecule has 0 saturated carbocycles. The topological polar surface area (TPSA) is 114 Å². The summed E-state index contributed by atoms with van der Waals surface area (Å²) in [5, 5.41) is 3.91. The minimum atomic E-state index is -3.53. The Hall–Kier alpha value is -3.08. The quantitative estimate of drug-likeness (QED) is 0.364. The molecule has 9 nitrogen and oxygen atoms in total. The third-order valence-electron chi connectivity index (χ3n) is 4.91. The van der Waals surface area contributed by atoms with Crippen LogP contribution in [0.1, 0.15) is 27.9 Å². The van der Waals surface area contributed by atoms with Gasteiger partial charge in [0.25, 0.3) is 0 Å². The fraction of sp³-hybridized carbons (Fsp3) is 0.318. The molecule has 1 N–H and O–H groups in total. The van der Waals surface area contributed by atoms with Gasteiger partial charge in [0.2, 0.25) is 15.9 Å². The number of carbonyl (C=O) groups is 2. The van der Waals surface area contributed by atoms with E-state index in [4.69, 9.17) is 4.74 Å². The summed E-state index contributed by atoms with van der Waals surface area (Å²) in [5.41, 5.74) is 4.45. The second-order valence-electron chi connectivity index (χ2n) is 7.07. The predicted molar refractivity (Wildman–Crippen MR) is 118 cm³/mol. The van der Waals surface area contributed by atoms with Crippen LogP contribution in [-0.4, -0.2) is 64.2 Å². The fourth-order valence-corrected chi connectivity index (χ4v) is 4.49. The van der Waals surface area contributed by atoms with Crippen molar-refractivity contribution < 1.29 is 27.5 Å². The van der Waals surface area contributed by atoms with Gasteiger partial charge < -0.3 is 9.47 Å². The largest absolute Gasteiger partial charge is 0.465 e. The van der Waals surface area contributed by atoms with E-state index in [0.29, 0.717) is 38.3 Å². The summed E-state index contributed by atoms with van der Waals surface area (Å²) in [5.74, 6) is -0.689. The Balaban J connectivity index is 1.47. The molecule has 32 heavy (non-hydrogen) atoms. The summed E-state index contributed by atoms with van der Waals surface area (Å²) >= 11 is 0. The van der Waals surface area contributed by atoms with Gasteiger partial charge in [-0.05, 0) is 41.8 Å². The monoisotopic (exact) mass is 459 g/mol. The molecular formula is C22H25N3O6S. The van der Waals surface area contributed by atoms with Crippen LogP contribution in [0.3, 0.4) is 0 Å². The van der Waals surface area contributed by atoms with E-state index in [0.717, 1.165) is 11.1 Å². The molecule has 2 aromatic carbocycles. The number of hydrogen-bond acceptors (Lipinski definition) is 7. The van der Waals surface area contributed by atoms with Crippen molar-refractivity contribution in [2.45, 2.75) is 17.7 Å². The number of nitrogens with one attached hydrogen (secondary N) is 1. The van der Waals surface area contributed by atoms with Crippen LogP contribution in [0.5, 0.6) is 0 Å². The molecule has 0 spiro atoms. The molecule has 1 saturated heterocycles. The highest BCUT2D eigenvalue weighted by molar-refractivity contribution is 7.89. The molecule has 0 unspecified atom stereocenters. The minimum absolute atomic E-state index is 0.203. The Kier molecular flexibility index (Phi) is 8.09. The van der Waals surface area contributed by atoms with Crippen LogP contribution in [0, 0.1) is 0 Å². The van der Waals surface area contributed by atoms with Crippen molar-refractivity contribution in [2.75, 3.05) is 33.4 Å². The molecule has 2 aromatic rings. The number of nitrogens with zero attached hydrogens (tertiary/aromatic N) is 2. The predicted octanol–water partition coefficient (Wildman–Crippen LogP) is 1.58. The maximum Gasteiger partial charge on any atom is 0.337 e. The molecule has 0 aromatic heterocycles. The molecular weight excluding hydrogens is 434 g/mol. The second kappa shape index (κ2) is 11.0. The van der Waals surface area contributed by atoms with Crippen LogP contribution < -0.4 is 5.43 Å². The molecule has 0 radical (unpaired) electrons. The minimum Gasteiger partial charge on any atom is -0.465 e. The highest BCUT2D eigenvalue weighted by Gasteiger charge is 2.26. The number of amides is 1. The molecule has 10 heteroatoms. The van der Waals surface area contributed by atoms with Crippen molar-refractivity contribution in [1.29, 1.82) is 0 Å². The van der Waals surface area contributed by atoms with Crippen LogP contribution in [0.25, 0.3) is 0 Å². The lowest BCUT2D eigenvalue weighted by Gasteiger charge is -2.26. The lowest BCUT2D eigenvalue weighted by molar-refractivity contribution is -0.121. The first-order chi connectivity index (χ1) is 15.4. The fourth-order valence-electron chi connectivity index (χ4n) is 3.08.